The van der Waals surface area contributed by atoms with Gasteiger partial charge in [0.15, 0.2) is 0 Å². The number of ether oxygens (including phenoxy) is 1. The topological polar surface area (TPSA) is 67.4 Å². The standard InChI is InChI=1S/C17H22N2O3S/c1-22-14-13-18-11-12-19-23(20,21)17-9-7-16(8-10-17)15-5-3-2-4-6-15/h2-10,18-19H,11-14H2,1H3. The van der Waals surface area contributed by atoms with Crippen molar-refractivity contribution in [3.8, 4) is 11.1 Å². The molecule has 6 heteroatoms. The Labute approximate surface area is 137 Å². The molecule has 0 atom stereocenters. The summed E-state index contributed by atoms with van der Waals surface area (Å²) in [6, 6.07) is 16.7. The fourth-order valence-electron chi connectivity index (χ4n) is 2.11. The second kappa shape index (κ2) is 8.79. The molecule has 0 bridgehead atoms. The van der Waals surface area contributed by atoms with Gasteiger partial charge in [-0.25, -0.2) is 13.1 Å². The van der Waals surface area contributed by atoms with E-state index in [1.807, 2.05) is 42.5 Å². The molecule has 23 heavy (non-hydrogen) atoms. The fraction of sp³-hybridized carbons (Fsp3) is 0.294. The minimum atomic E-state index is -3.47. The lowest BCUT2D eigenvalue weighted by Gasteiger charge is -2.08. The number of sulfonamides is 1. The van der Waals surface area contributed by atoms with Crippen LogP contribution in [0.2, 0.25) is 0 Å². The number of hydrogen-bond donors (Lipinski definition) is 2. The van der Waals surface area contributed by atoms with E-state index in [0.29, 0.717) is 26.2 Å². The molecule has 0 aliphatic heterocycles. The number of nitrogens with one attached hydrogen (secondary N) is 2. The van der Waals surface area contributed by atoms with Crippen LogP contribution in [0.5, 0.6) is 0 Å². The number of benzene rings is 2. The van der Waals surface area contributed by atoms with E-state index in [1.165, 1.54) is 0 Å². The molecule has 2 N–H and O–H groups in total. The maximum atomic E-state index is 12.2. The first-order valence-corrected chi connectivity index (χ1v) is 8.96. The molecule has 2 rings (SSSR count). The van der Waals surface area contributed by atoms with Gasteiger partial charge in [0.2, 0.25) is 10.0 Å². The lowest BCUT2D eigenvalue weighted by molar-refractivity contribution is 0.199. The van der Waals surface area contributed by atoms with Crippen molar-refractivity contribution in [2.24, 2.45) is 0 Å². The molecule has 0 unspecified atom stereocenters. The van der Waals surface area contributed by atoms with Crippen LogP contribution in [0.25, 0.3) is 11.1 Å². The summed E-state index contributed by atoms with van der Waals surface area (Å²) in [5.41, 5.74) is 2.05. The molecule has 5 nitrogen and oxygen atoms in total. The van der Waals surface area contributed by atoms with Crippen molar-refractivity contribution in [3.63, 3.8) is 0 Å². The Hall–Kier alpha value is -1.73. The van der Waals surface area contributed by atoms with Crippen molar-refractivity contribution in [2.75, 3.05) is 33.4 Å². The highest BCUT2D eigenvalue weighted by atomic mass is 32.2. The van der Waals surface area contributed by atoms with E-state index < -0.39 is 10.0 Å². The van der Waals surface area contributed by atoms with Gasteiger partial charge in [-0.05, 0) is 23.3 Å². The van der Waals surface area contributed by atoms with Gasteiger partial charge in [0.25, 0.3) is 0 Å². The summed E-state index contributed by atoms with van der Waals surface area (Å²) < 4.78 is 31.9. The average molecular weight is 334 g/mol. The van der Waals surface area contributed by atoms with E-state index in [-0.39, 0.29) is 4.90 Å². The second-order valence-electron chi connectivity index (χ2n) is 5.03. The first-order chi connectivity index (χ1) is 11.1. The fourth-order valence-corrected chi connectivity index (χ4v) is 3.15. The molecule has 0 fully saturated rings. The number of rotatable bonds is 9. The van der Waals surface area contributed by atoms with E-state index in [4.69, 9.17) is 4.74 Å². The molecule has 0 saturated heterocycles. The molecule has 0 heterocycles. The summed E-state index contributed by atoms with van der Waals surface area (Å²) in [6.07, 6.45) is 0. The van der Waals surface area contributed by atoms with E-state index in [9.17, 15) is 8.42 Å². The Balaban J connectivity index is 1.92. The Morgan fingerprint density at radius 3 is 2.17 bits per heavy atom. The first-order valence-electron chi connectivity index (χ1n) is 7.48. The van der Waals surface area contributed by atoms with Crippen LogP contribution >= 0.6 is 0 Å². The van der Waals surface area contributed by atoms with E-state index >= 15 is 0 Å². The molecule has 124 valence electrons. The van der Waals surface area contributed by atoms with Crippen molar-refractivity contribution >= 4 is 10.0 Å². The predicted molar refractivity (Wildman–Crippen MR) is 91.8 cm³/mol. The molecule has 0 spiro atoms. The van der Waals surface area contributed by atoms with Crippen molar-refractivity contribution < 1.29 is 13.2 Å². The molecule has 0 aliphatic carbocycles. The summed E-state index contributed by atoms with van der Waals surface area (Å²) in [7, 11) is -1.84. The second-order valence-corrected chi connectivity index (χ2v) is 6.80. The molecule has 0 saturated carbocycles. The molecule has 0 aliphatic rings. The van der Waals surface area contributed by atoms with Gasteiger partial charge in [-0.15, -0.1) is 0 Å². The van der Waals surface area contributed by atoms with Gasteiger partial charge >= 0.3 is 0 Å². The first kappa shape index (κ1) is 17.6. The van der Waals surface area contributed by atoms with Crippen molar-refractivity contribution in [1.29, 1.82) is 0 Å². The third-order valence-electron chi connectivity index (χ3n) is 3.35. The largest absolute Gasteiger partial charge is 0.383 e. The predicted octanol–water partition coefficient (Wildman–Crippen LogP) is 1.87. The lowest BCUT2D eigenvalue weighted by Crippen LogP contribution is -2.33. The van der Waals surface area contributed by atoms with Crippen LogP contribution in [0.3, 0.4) is 0 Å². The highest BCUT2D eigenvalue weighted by Gasteiger charge is 2.12. The summed E-state index contributed by atoms with van der Waals surface area (Å²) in [4.78, 5) is 0.272. The quantitative estimate of drug-likeness (QED) is 0.687. The van der Waals surface area contributed by atoms with Crippen molar-refractivity contribution in [2.45, 2.75) is 4.90 Å². The molecule has 0 radical (unpaired) electrons. The van der Waals surface area contributed by atoms with E-state index in [0.717, 1.165) is 11.1 Å². The maximum absolute atomic E-state index is 12.2. The molecular formula is C17H22N2O3S. The maximum Gasteiger partial charge on any atom is 0.240 e. The zero-order valence-corrected chi connectivity index (χ0v) is 14.0. The smallest absolute Gasteiger partial charge is 0.240 e. The highest BCUT2D eigenvalue weighted by molar-refractivity contribution is 7.89. The van der Waals surface area contributed by atoms with Gasteiger partial charge in [0.05, 0.1) is 11.5 Å². The number of hydrogen-bond acceptors (Lipinski definition) is 4. The van der Waals surface area contributed by atoms with E-state index in [2.05, 4.69) is 10.0 Å². The van der Waals surface area contributed by atoms with E-state index in [1.54, 1.807) is 19.2 Å². The summed E-state index contributed by atoms with van der Waals surface area (Å²) in [6.45, 7) is 2.20. The minimum absolute atomic E-state index is 0.272. The Morgan fingerprint density at radius 2 is 1.52 bits per heavy atom. The third-order valence-corrected chi connectivity index (χ3v) is 4.83. The van der Waals surface area contributed by atoms with Crippen LogP contribution in [0.4, 0.5) is 0 Å². The number of methoxy groups -OCH3 is 1. The molecule has 2 aromatic carbocycles. The molecule has 0 aromatic heterocycles. The molecule has 0 amide bonds. The van der Waals surface area contributed by atoms with Crippen LogP contribution in [0.1, 0.15) is 0 Å². The zero-order chi connectivity index (χ0) is 16.5. The van der Waals surface area contributed by atoms with Crippen molar-refractivity contribution in [3.05, 3.63) is 54.6 Å². The Bertz CT molecular complexity index is 686. The normalized spacial score (nSPS) is 11.5. The summed E-state index contributed by atoms with van der Waals surface area (Å²) in [5, 5.41) is 3.09. The lowest BCUT2D eigenvalue weighted by atomic mass is 10.1. The van der Waals surface area contributed by atoms with Crippen LogP contribution in [0.15, 0.2) is 59.5 Å². The highest BCUT2D eigenvalue weighted by Crippen LogP contribution is 2.20. The van der Waals surface area contributed by atoms with Crippen molar-refractivity contribution in [1.82, 2.24) is 10.0 Å². The van der Waals surface area contributed by atoms with Gasteiger partial charge in [-0.3, -0.25) is 0 Å². The van der Waals surface area contributed by atoms with Crippen LogP contribution in [-0.4, -0.2) is 41.8 Å². The Kier molecular flexibility index (Phi) is 6.73. The molecule has 2 aromatic rings. The average Bonchev–Trinajstić information content (AvgIpc) is 2.59. The van der Waals surface area contributed by atoms with Gasteiger partial charge in [0, 0.05) is 26.7 Å². The minimum Gasteiger partial charge on any atom is -0.383 e. The van der Waals surface area contributed by atoms with Gasteiger partial charge in [0.1, 0.15) is 0 Å². The van der Waals surface area contributed by atoms with Crippen LogP contribution < -0.4 is 10.0 Å². The summed E-state index contributed by atoms with van der Waals surface area (Å²) in [5.74, 6) is 0. The van der Waals surface area contributed by atoms with Gasteiger partial charge in [-0.1, -0.05) is 42.5 Å². The molecular weight excluding hydrogens is 312 g/mol. The third kappa shape index (κ3) is 5.44. The van der Waals surface area contributed by atoms with Gasteiger partial charge < -0.3 is 10.1 Å². The van der Waals surface area contributed by atoms with Crippen LogP contribution in [0, 0.1) is 0 Å². The summed E-state index contributed by atoms with van der Waals surface area (Å²) >= 11 is 0. The Morgan fingerprint density at radius 1 is 0.870 bits per heavy atom. The zero-order valence-electron chi connectivity index (χ0n) is 13.2. The van der Waals surface area contributed by atoms with Gasteiger partial charge in [-0.2, -0.15) is 0 Å². The SMILES string of the molecule is COCCNCCNS(=O)(=O)c1ccc(-c2ccccc2)cc1. The van der Waals surface area contributed by atoms with Crippen LogP contribution in [-0.2, 0) is 14.8 Å². The monoisotopic (exact) mass is 334 g/mol.